The molecule has 2 fully saturated rings. The lowest BCUT2D eigenvalue weighted by molar-refractivity contribution is -0.115. The van der Waals surface area contributed by atoms with Gasteiger partial charge in [0.2, 0.25) is 5.95 Å². The van der Waals surface area contributed by atoms with Crippen molar-refractivity contribution in [3.05, 3.63) is 71.3 Å². The van der Waals surface area contributed by atoms with Gasteiger partial charge >= 0.3 is 0 Å². The molecule has 0 bridgehead atoms. The van der Waals surface area contributed by atoms with E-state index in [9.17, 15) is 9.59 Å². The van der Waals surface area contributed by atoms with Gasteiger partial charge in [-0.05, 0) is 66.8 Å². The van der Waals surface area contributed by atoms with Crippen LogP contribution in [0.1, 0.15) is 36.9 Å². The Balaban J connectivity index is 1.13. The maximum Gasteiger partial charge on any atom is 0.290 e. The topological polar surface area (TPSA) is 109 Å². The Hall–Kier alpha value is -3.43. The highest BCUT2D eigenvalue weighted by Gasteiger charge is 2.25. The van der Waals surface area contributed by atoms with E-state index < -0.39 is 0 Å². The predicted octanol–water partition coefficient (Wildman–Crippen LogP) is 4.57. The number of rotatable bonds is 7. The monoisotopic (exact) mass is 475 g/mol. The lowest BCUT2D eigenvalue weighted by Gasteiger charge is -2.30. The SMILES string of the molecule is O=C1NC(=O)/C(=C\c2ccnc(NC3CCC(NCc4ccccc4-c4ccoc4)CC3)n2)S1. The van der Waals surface area contributed by atoms with Crippen LogP contribution in [-0.2, 0) is 11.3 Å². The van der Waals surface area contributed by atoms with Crippen LogP contribution in [0.5, 0.6) is 0 Å². The molecule has 1 aromatic carbocycles. The van der Waals surface area contributed by atoms with Gasteiger partial charge in [0.15, 0.2) is 0 Å². The summed E-state index contributed by atoms with van der Waals surface area (Å²) in [6, 6.07) is 12.9. The van der Waals surface area contributed by atoms with Crippen LogP contribution < -0.4 is 16.0 Å². The second kappa shape index (κ2) is 10.2. The number of hydrogen-bond donors (Lipinski definition) is 3. The second-order valence-electron chi connectivity index (χ2n) is 8.40. The van der Waals surface area contributed by atoms with Gasteiger partial charge in [0, 0.05) is 30.4 Å². The number of benzene rings is 1. The van der Waals surface area contributed by atoms with Crippen LogP contribution in [0.25, 0.3) is 17.2 Å². The maximum atomic E-state index is 11.8. The maximum absolute atomic E-state index is 11.8. The van der Waals surface area contributed by atoms with E-state index in [1.807, 2.05) is 6.07 Å². The van der Waals surface area contributed by atoms with E-state index in [1.54, 1.807) is 30.9 Å². The number of anilines is 1. The normalized spacial score (nSPS) is 21.6. The Morgan fingerprint density at radius 3 is 2.68 bits per heavy atom. The van der Waals surface area contributed by atoms with Crippen molar-refractivity contribution in [3.8, 4) is 11.1 Å². The van der Waals surface area contributed by atoms with Gasteiger partial charge in [0.1, 0.15) is 0 Å². The van der Waals surface area contributed by atoms with E-state index >= 15 is 0 Å². The Labute approximate surface area is 201 Å². The van der Waals surface area contributed by atoms with Crippen molar-refractivity contribution in [3.63, 3.8) is 0 Å². The van der Waals surface area contributed by atoms with Crippen molar-refractivity contribution >= 4 is 34.9 Å². The van der Waals surface area contributed by atoms with Gasteiger partial charge in [-0.3, -0.25) is 14.9 Å². The molecule has 9 heteroatoms. The third kappa shape index (κ3) is 5.37. The average Bonchev–Trinajstić information content (AvgIpc) is 3.49. The Morgan fingerprint density at radius 1 is 1.09 bits per heavy atom. The van der Waals surface area contributed by atoms with Gasteiger partial charge in [-0.25, -0.2) is 9.97 Å². The minimum Gasteiger partial charge on any atom is -0.472 e. The molecule has 1 saturated carbocycles. The summed E-state index contributed by atoms with van der Waals surface area (Å²) < 4.78 is 5.26. The number of aromatic nitrogens is 2. The van der Waals surface area contributed by atoms with Crippen LogP contribution in [0, 0.1) is 0 Å². The molecule has 0 atom stereocenters. The van der Waals surface area contributed by atoms with Crippen LogP contribution in [0.4, 0.5) is 10.7 Å². The van der Waals surface area contributed by atoms with Crippen LogP contribution in [-0.4, -0.2) is 33.2 Å². The van der Waals surface area contributed by atoms with E-state index in [4.69, 9.17) is 4.42 Å². The first-order valence-electron chi connectivity index (χ1n) is 11.3. The van der Waals surface area contributed by atoms with E-state index in [0.717, 1.165) is 49.6 Å². The lowest BCUT2D eigenvalue weighted by atomic mass is 9.91. The van der Waals surface area contributed by atoms with Crippen LogP contribution >= 0.6 is 11.8 Å². The molecular formula is C25H25N5O3S. The van der Waals surface area contributed by atoms with Crippen molar-refractivity contribution in [1.29, 1.82) is 0 Å². The zero-order valence-corrected chi connectivity index (χ0v) is 19.3. The number of furan rings is 1. The second-order valence-corrected chi connectivity index (χ2v) is 9.42. The Bertz CT molecular complexity index is 1200. The minimum absolute atomic E-state index is 0.296. The first-order valence-corrected chi connectivity index (χ1v) is 12.1. The van der Waals surface area contributed by atoms with Crippen LogP contribution in [0.3, 0.4) is 0 Å². The summed E-state index contributed by atoms with van der Waals surface area (Å²) >= 11 is 0.882. The number of amides is 2. The third-order valence-corrected chi connectivity index (χ3v) is 6.90. The minimum atomic E-state index is -0.388. The fourth-order valence-electron chi connectivity index (χ4n) is 4.33. The van der Waals surface area contributed by atoms with E-state index in [1.165, 1.54) is 11.1 Å². The molecular weight excluding hydrogens is 450 g/mol. The number of carbonyl (C=O) groups is 2. The molecule has 8 nitrogen and oxygen atoms in total. The molecule has 3 aromatic rings. The molecule has 34 heavy (non-hydrogen) atoms. The number of hydrogen-bond acceptors (Lipinski definition) is 8. The van der Waals surface area contributed by atoms with Crippen molar-refractivity contribution < 1.29 is 14.0 Å². The summed E-state index contributed by atoms with van der Waals surface area (Å²) in [5.41, 5.74) is 4.15. The molecule has 5 rings (SSSR count). The van der Waals surface area contributed by atoms with E-state index in [-0.39, 0.29) is 11.1 Å². The van der Waals surface area contributed by atoms with Gasteiger partial charge in [0.25, 0.3) is 11.1 Å². The highest BCUT2D eigenvalue weighted by atomic mass is 32.2. The highest BCUT2D eigenvalue weighted by Crippen LogP contribution is 2.27. The number of nitrogens with zero attached hydrogens (tertiary/aromatic N) is 2. The quantitative estimate of drug-likeness (QED) is 0.426. The molecule has 3 N–H and O–H groups in total. The fourth-order valence-corrected chi connectivity index (χ4v) is 5.00. The summed E-state index contributed by atoms with van der Waals surface area (Å²) in [4.78, 5) is 32.3. The molecule has 2 amide bonds. The van der Waals surface area contributed by atoms with Gasteiger partial charge in [-0.1, -0.05) is 24.3 Å². The van der Waals surface area contributed by atoms with E-state index in [0.29, 0.717) is 28.6 Å². The number of carbonyl (C=O) groups excluding carboxylic acids is 2. The van der Waals surface area contributed by atoms with Crippen molar-refractivity contribution in [2.45, 2.75) is 44.3 Å². The van der Waals surface area contributed by atoms with Gasteiger partial charge in [0.05, 0.1) is 23.1 Å². The van der Waals surface area contributed by atoms with Gasteiger partial charge in [-0.2, -0.15) is 0 Å². The number of thioether (sulfide) groups is 1. The molecule has 0 spiro atoms. The summed E-state index contributed by atoms with van der Waals surface area (Å²) in [7, 11) is 0. The number of imide groups is 1. The van der Waals surface area contributed by atoms with Crippen molar-refractivity contribution in [2.75, 3.05) is 5.32 Å². The first kappa shape index (κ1) is 22.4. The third-order valence-electron chi connectivity index (χ3n) is 6.09. The molecule has 174 valence electrons. The molecule has 0 radical (unpaired) electrons. The zero-order valence-electron chi connectivity index (χ0n) is 18.5. The molecule has 1 aliphatic carbocycles. The van der Waals surface area contributed by atoms with Crippen molar-refractivity contribution in [1.82, 2.24) is 20.6 Å². The molecule has 1 aliphatic heterocycles. The summed E-state index contributed by atoms with van der Waals surface area (Å²) in [5, 5.41) is 9.03. The average molecular weight is 476 g/mol. The molecule has 0 unspecified atom stereocenters. The van der Waals surface area contributed by atoms with Gasteiger partial charge in [-0.15, -0.1) is 0 Å². The molecule has 3 heterocycles. The Kier molecular flexibility index (Phi) is 6.73. The fraction of sp³-hybridized carbons (Fsp3) is 0.280. The number of nitrogens with one attached hydrogen (secondary N) is 3. The van der Waals surface area contributed by atoms with Crippen molar-refractivity contribution in [2.24, 2.45) is 0 Å². The lowest BCUT2D eigenvalue weighted by Crippen LogP contribution is -2.37. The molecule has 2 aliphatic rings. The summed E-state index contributed by atoms with van der Waals surface area (Å²) in [6.07, 6.45) is 10.9. The summed E-state index contributed by atoms with van der Waals surface area (Å²) in [6.45, 7) is 0.817. The van der Waals surface area contributed by atoms with Crippen LogP contribution in [0.2, 0.25) is 0 Å². The Morgan fingerprint density at radius 2 is 1.91 bits per heavy atom. The molecule has 2 aromatic heterocycles. The predicted molar refractivity (Wildman–Crippen MR) is 132 cm³/mol. The first-order chi connectivity index (χ1) is 16.6. The van der Waals surface area contributed by atoms with E-state index in [2.05, 4.69) is 50.2 Å². The molecule has 1 saturated heterocycles. The van der Waals surface area contributed by atoms with Crippen LogP contribution in [0.15, 0.2) is 64.4 Å². The highest BCUT2D eigenvalue weighted by molar-refractivity contribution is 8.18. The van der Waals surface area contributed by atoms with Gasteiger partial charge < -0.3 is 15.1 Å². The summed E-state index contributed by atoms with van der Waals surface area (Å²) in [5.74, 6) is 0.149. The largest absolute Gasteiger partial charge is 0.472 e. The zero-order chi connectivity index (χ0) is 23.3. The standard InChI is InChI=1S/C25H25N5O3S/c31-23-22(34-25(32)30-23)13-20-9-11-26-24(29-20)28-19-7-5-18(6-8-19)27-14-16-3-1-2-4-21(16)17-10-12-33-15-17/h1-4,9-13,15,18-19,27H,5-8,14H2,(H,26,28,29)(H,30,31,32)/b22-13+. The smallest absolute Gasteiger partial charge is 0.290 e.